The minimum Gasteiger partial charge on any atom is -0.652 e. The number of carbonyl (C=O) groups is 1. The Morgan fingerprint density at radius 3 is 1.29 bits per heavy atom. The van der Waals surface area contributed by atoms with E-state index in [1.54, 1.807) is 0 Å². The molecule has 0 aromatic carbocycles. The molecule has 6 heteroatoms. The summed E-state index contributed by atoms with van der Waals surface area (Å²) in [6.45, 7) is 0. The summed E-state index contributed by atoms with van der Waals surface area (Å²) in [7, 11) is 0. The molecule has 0 aliphatic heterocycles. The summed E-state index contributed by atoms with van der Waals surface area (Å²) in [5.74, 6) is 0. The average molecular weight is 325 g/mol. The largest absolute Gasteiger partial charge is 2.00 e. The van der Waals surface area contributed by atoms with Crippen molar-refractivity contribution in [2.45, 2.75) is 0 Å². The van der Waals surface area contributed by atoms with E-state index >= 15 is 0 Å². The second-order valence-corrected chi connectivity index (χ2v) is 0.250. The average Bonchev–Trinajstić information content (AvgIpc) is 0.811. The van der Waals surface area contributed by atoms with Crippen molar-refractivity contribution in [1.82, 2.24) is 0 Å². The molecule has 0 unspecified atom stereocenters. The van der Waals surface area contributed by atoms with Crippen molar-refractivity contribution in [3.63, 3.8) is 0 Å². The Morgan fingerprint density at radius 1 is 1.29 bits per heavy atom. The molecule has 0 aromatic heterocycles. The molecule has 7 heavy (non-hydrogen) atoms. The summed E-state index contributed by atoms with van der Waals surface area (Å²) < 4.78 is 0. The van der Waals surface area contributed by atoms with E-state index in [9.17, 15) is 0 Å². The van der Waals surface area contributed by atoms with Crippen molar-refractivity contribution in [2.75, 3.05) is 0 Å². The fourth-order valence-electron chi connectivity index (χ4n) is 0. The van der Waals surface area contributed by atoms with E-state index in [1.165, 1.54) is 0 Å². The Kier molecular flexibility index (Phi) is 52.2. The smallest absolute Gasteiger partial charge is 0.652 e. The Bertz CT molecular complexity index is 37.9. The minimum absolute atomic E-state index is 0. The monoisotopic (exact) mass is 326 g/mol. The molecule has 0 fully saturated rings. The molecule has 3 nitrogen and oxygen atoms in total. The van der Waals surface area contributed by atoms with Gasteiger partial charge < -0.3 is 15.0 Å². The molecule has 0 heterocycles. The zero-order valence-corrected chi connectivity index (χ0v) is 14.0. The van der Waals surface area contributed by atoms with Gasteiger partial charge in [-0.2, -0.15) is 0 Å². The van der Waals surface area contributed by atoms with Crippen LogP contribution in [0.25, 0.3) is 0 Å². The molecule has 24 valence electrons. The van der Waals surface area contributed by atoms with Crippen molar-refractivity contribution < 1.29 is 15.0 Å². The van der Waals surface area contributed by atoms with Gasteiger partial charge in [0.25, 0.3) is 0 Å². The van der Waals surface area contributed by atoms with Gasteiger partial charge in [0, 0.05) is 0 Å². The Hall–Kier alpha value is 3.58. The van der Waals surface area contributed by atoms with E-state index in [-0.39, 0.29) is 132 Å². The van der Waals surface area contributed by atoms with Crippen molar-refractivity contribution in [2.24, 2.45) is 0 Å². The maximum atomic E-state index is 8.33. The van der Waals surface area contributed by atoms with Gasteiger partial charge in [0.15, 0.2) is 0 Å². The minimum atomic E-state index is -2.33. The standard InChI is InChI=1S/CH2O3.Ba.Ca.Sr/c2-1(3)4;;;/h(H2,2,3,4);;;/q;3*+2/p-2. The Balaban J connectivity index is -0.0000000150. The van der Waals surface area contributed by atoms with Crippen LogP contribution in [0.5, 0.6) is 0 Å². The fraction of sp³-hybridized carbons (Fsp3) is 0. The number of carboxylic acid groups (broad SMARTS) is 2. The normalized spacial score (nSPS) is 3.43. The molecule has 0 saturated carbocycles. The van der Waals surface area contributed by atoms with Gasteiger partial charge in [-0.25, -0.2) is 0 Å². The van der Waals surface area contributed by atoms with Crippen LogP contribution < -0.4 is 10.2 Å². The van der Waals surface area contributed by atoms with Crippen LogP contribution in [0.3, 0.4) is 0 Å². The SMILES string of the molecule is O=C([O-])[O-].[Ba+2].[Ca+2].[Sr+2]. The van der Waals surface area contributed by atoms with Crippen LogP contribution in [0.15, 0.2) is 0 Å². The summed E-state index contributed by atoms with van der Waals surface area (Å²) in [5, 5.41) is 16.7. The van der Waals surface area contributed by atoms with Gasteiger partial charge in [-0.05, 0) is 6.16 Å². The van der Waals surface area contributed by atoms with E-state index in [1.807, 2.05) is 0 Å². The van der Waals surface area contributed by atoms with E-state index in [2.05, 4.69) is 0 Å². The maximum Gasteiger partial charge on any atom is 2.00 e. The quantitative estimate of drug-likeness (QED) is 0.433. The molecular formula is CBaCaO3Sr+4. The van der Waals surface area contributed by atoms with Crippen LogP contribution in [0, 0.1) is 0 Å². The number of hydrogen-bond acceptors (Lipinski definition) is 3. The molecule has 0 aromatic rings. The fourth-order valence-corrected chi connectivity index (χ4v) is 0. The molecule has 0 rings (SSSR count). The van der Waals surface area contributed by atoms with Crippen LogP contribution in [-0.2, 0) is 0 Å². The van der Waals surface area contributed by atoms with Crippen molar-refractivity contribution in [3.05, 3.63) is 0 Å². The summed E-state index contributed by atoms with van der Waals surface area (Å²) in [6, 6.07) is 0. The predicted octanol–water partition coefficient (Wildman–Crippen LogP) is -3.59. The molecule has 0 spiro atoms. The van der Waals surface area contributed by atoms with Crippen molar-refractivity contribution >= 4 is 138 Å². The maximum absolute atomic E-state index is 8.33. The van der Waals surface area contributed by atoms with E-state index in [4.69, 9.17) is 15.0 Å². The van der Waals surface area contributed by atoms with E-state index < -0.39 is 6.16 Å². The molecule has 0 radical (unpaired) electrons. The third-order valence-corrected chi connectivity index (χ3v) is 0. The van der Waals surface area contributed by atoms with Gasteiger partial charge in [0.1, 0.15) is 0 Å². The van der Waals surface area contributed by atoms with Crippen LogP contribution in [-0.4, -0.2) is 138 Å². The summed E-state index contributed by atoms with van der Waals surface area (Å²) >= 11 is 0. The van der Waals surface area contributed by atoms with Crippen LogP contribution in [0.2, 0.25) is 0 Å². The second-order valence-electron chi connectivity index (χ2n) is 0.250. The van der Waals surface area contributed by atoms with Gasteiger partial charge in [0.2, 0.25) is 0 Å². The molecule has 0 saturated heterocycles. The van der Waals surface area contributed by atoms with Gasteiger partial charge in [0.05, 0.1) is 0 Å². The first-order valence-corrected chi connectivity index (χ1v) is 0.612. The van der Waals surface area contributed by atoms with Crippen LogP contribution >= 0.6 is 0 Å². The van der Waals surface area contributed by atoms with E-state index in [0.717, 1.165) is 0 Å². The summed E-state index contributed by atoms with van der Waals surface area (Å²) in [5.41, 5.74) is 0. The van der Waals surface area contributed by atoms with Crippen LogP contribution in [0.1, 0.15) is 0 Å². The first kappa shape index (κ1) is 22.4. The van der Waals surface area contributed by atoms with Gasteiger partial charge in [-0.1, -0.05) is 0 Å². The van der Waals surface area contributed by atoms with Gasteiger partial charge >= 0.3 is 132 Å². The molecule has 0 atom stereocenters. The molecule has 0 bridgehead atoms. The number of carbonyl (C=O) groups excluding carboxylic acids is 1. The van der Waals surface area contributed by atoms with E-state index in [0.29, 0.717) is 0 Å². The zero-order chi connectivity index (χ0) is 3.58. The predicted molar refractivity (Wildman–Crippen MR) is 22.7 cm³/mol. The van der Waals surface area contributed by atoms with Gasteiger partial charge in [-0.3, -0.25) is 0 Å². The Labute approximate surface area is 149 Å². The summed E-state index contributed by atoms with van der Waals surface area (Å²) in [6.07, 6.45) is -2.33. The topological polar surface area (TPSA) is 63.2 Å². The molecule has 0 aliphatic carbocycles. The van der Waals surface area contributed by atoms with Crippen LogP contribution in [0.4, 0.5) is 4.79 Å². The molecule has 0 amide bonds. The molecular weight excluding hydrogens is 325 g/mol. The zero-order valence-electron chi connectivity index (χ0n) is 3.85. The van der Waals surface area contributed by atoms with Crippen molar-refractivity contribution in [3.8, 4) is 0 Å². The van der Waals surface area contributed by atoms with Gasteiger partial charge in [-0.15, -0.1) is 0 Å². The van der Waals surface area contributed by atoms with Crippen molar-refractivity contribution in [1.29, 1.82) is 0 Å². The Morgan fingerprint density at radius 2 is 1.29 bits per heavy atom. The second kappa shape index (κ2) is 16.3. The third-order valence-electron chi connectivity index (χ3n) is 0. The molecule has 0 N–H and O–H groups in total. The number of hydrogen-bond donors (Lipinski definition) is 0. The molecule has 0 aliphatic rings. The number of rotatable bonds is 0. The first-order valence-electron chi connectivity index (χ1n) is 0.612. The first-order chi connectivity index (χ1) is 1.73. The third kappa shape index (κ3) is 42.9. The summed E-state index contributed by atoms with van der Waals surface area (Å²) in [4.78, 5) is 8.33.